The third kappa shape index (κ3) is 6.19. The smallest absolute Gasteiger partial charge is 0.237 e. The second kappa shape index (κ2) is 11.2. The van der Waals surface area contributed by atoms with Gasteiger partial charge in [-0.05, 0) is 39.0 Å². The average Bonchev–Trinajstić information content (AvgIpc) is 2.95. The van der Waals surface area contributed by atoms with Gasteiger partial charge in [-0.2, -0.15) is 0 Å². The highest BCUT2D eigenvalue weighted by Gasteiger charge is 2.44. The molecular weight excluding hydrogens is 392 g/mol. The number of likely N-dealkylation sites (N-methyl/N-ethyl adjacent to an activating group) is 1. The Morgan fingerprint density at radius 2 is 2.04 bits per heavy atom. The number of rotatable bonds is 7. The van der Waals surface area contributed by atoms with Crippen LogP contribution in [0.2, 0.25) is 0 Å². The lowest BCUT2D eigenvalue weighted by Gasteiger charge is -2.41. The Morgan fingerprint density at radius 1 is 1.37 bits per heavy atom. The number of carbonyl (C=O) groups excluding carboxylic acids is 1. The molecule has 2 saturated heterocycles. The van der Waals surface area contributed by atoms with Crippen LogP contribution in [0.5, 0.6) is 0 Å². The van der Waals surface area contributed by atoms with E-state index in [1.165, 1.54) is 11.8 Å². The fourth-order valence-electron chi connectivity index (χ4n) is 4.08. The summed E-state index contributed by atoms with van der Waals surface area (Å²) >= 11 is 1.44. The Balaban J connectivity index is 0.00000364. The van der Waals surface area contributed by atoms with Gasteiger partial charge >= 0.3 is 0 Å². The number of likely N-dealkylation sites (tertiary alicyclic amines) is 1. The van der Waals surface area contributed by atoms with Crippen molar-refractivity contribution in [2.75, 3.05) is 19.8 Å². The molecule has 0 bridgehead atoms. The average molecular weight is 427 g/mol. The minimum absolute atomic E-state index is 0. The molecule has 9 heteroatoms. The molecule has 0 saturated carbocycles. The van der Waals surface area contributed by atoms with Gasteiger partial charge in [-0.3, -0.25) is 9.69 Å². The van der Waals surface area contributed by atoms with E-state index in [0.29, 0.717) is 12.3 Å². The molecule has 4 N–H and O–H groups in total. The molecule has 8 unspecified atom stereocenters. The van der Waals surface area contributed by atoms with Gasteiger partial charge in [0.1, 0.15) is 17.6 Å². The number of hydrogen-bond donors (Lipinski definition) is 4. The predicted molar refractivity (Wildman–Crippen MR) is 109 cm³/mol. The molecule has 1 amide bonds. The van der Waals surface area contributed by atoms with Crippen LogP contribution in [-0.4, -0.2) is 87.9 Å². The summed E-state index contributed by atoms with van der Waals surface area (Å²) in [7, 11) is 1.94. The maximum atomic E-state index is 12.8. The van der Waals surface area contributed by atoms with Gasteiger partial charge in [0.15, 0.2) is 0 Å². The van der Waals surface area contributed by atoms with Gasteiger partial charge in [0.25, 0.3) is 0 Å². The normalized spacial score (nSPS) is 36.7. The van der Waals surface area contributed by atoms with Crippen molar-refractivity contribution in [3.8, 4) is 0 Å². The Bertz CT molecular complexity index is 473. The van der Waals surface area contributed by atoms with Crippen LogP contribution in [0.25, 0.3) is 0 Å². The topological polar surface area (TPSA) is 102 Å². The van der Waals surface area contributed by atoms with Crippen molar-refractivity contribution in [1.29, 1.82) is 0 Å². The molecule has 2 heterocycles. The first-order valence-electron chi connectivity index (χ1n) is 9.51. The molecule has 8 atom stereocenters. The number of nitrogens with one attached hydrogen (secondary N) is 1. The van der Waals surface area contributed by atoms with E-state index in [4.69, 9.17) is 4.74 Å². The number of carbonyl (C=O) groups is 1. The van der Waals surface area contributed by atoms with E-state index in [0.717, 1.165) is 25.8 Å². The molecule has 2 aliphatic heterocycles. The molecule has 2 aliphatic rings. The fraction of sp³-hybridized carbons (Fsp3) is 0.944. The molecule has 160 valence electrons. The fourth-order valence-corrected chi connectivity index (χ4v) is 4.71. The Labute approximate surface area is 172 Å². The molecule has 0 aromatic rings. The van der Waals surface area contributed by atoms with E-state index in [9.17, 15) is 20.1 Å². The summed E-state index contributed by atoms with van der Waals surface area (Å²) in [5.74, 6) is 0.346. The number of halogens is 1. The summed E-state index contributed by atoms with van der Waals surface area (Å²) in [5, 5.41) is 33.6. The third-order valence-electron chi connectivity index (χ3n) is 5.55. The molecule has 27 heavy (non-hydrogen) atoms. The van der Waals surface area contributed by atoms with Gasteiger partial charge in [0, 0.05) is 13.0 Å². The molecule has 0 aromatic heterocycles. The Hall–Kier alpha value is -0.0900. The van der Waals surface area contributed by atoms with Crippen LogP contribution in [0.3, 0.4) is 0 Å². The molecule has 2 rings (SSSR count). The maximum Gasteiger partial charge on any atom is 0.237 e. The number of thioether (sulfide) groups is 1. The summed E-state index contributed by atoms with van der Waals surface area (Å²) in [6, 6.07) is -1.02. The number of ether oxygens (including phenoxy) is 1. The van der Waals surface area contributed by atoms with Crippen molar-refractivity contribution < 1.29 is 24.9 Å². The molecule has 0 radical (unpaired) electrons. The second-order valence-corrected chi connectivity index (χ2v) is 8.68. The van der Waals surface area contributed by atoms with Crippen LogP contribution in [0.1, 0.15) is 39.5 Å². The number of nitrogens with zero attached hydrogens (tertiary/aromatic N) is 1. The standard InChI is InChI=1S/C18H34N2O5S.ClH/c1-5-6-11-7-12(20(3)9-11)18(24)19-15(10(2)21)17-16(23)13(22)8-14(25-17)26-4;/h10-17,21-23H,5-9H2,1-4H3,(H,19,24);1H. The lowest BCUT2D eigenvalue weighted by atomic mass is 9.93. The van der Waals surface area contributed by atoms with Crippen molar-refractivity contribution in [2.45, 2.75) is 81.5 Å². The zero-order chi connectivity index (χ0) is 19.4. The van der Waals surface area contributed by atoms with E-state index < -0.39 is 30.5 Å². The Kier molecular flexibility index (Phi) is 10.3. The largest absolute Gasteiger partial charge is 0.391 e. The van der Waals surface area contributed by atoms with Crippen molar-refractivity contribution in [3.63, 3.8) is 0 Å². The van der Waals surface area contributed by atoms with Gasteiger partial charge in [0.05, 0.1) is 24.3 Å². The second-order valence-electron chi connectivity index (χ2n) is 7.68. The molecular formula is C18H35ClN2O5S. The summed E-state index contributed by atoms with van der Waals surface area (Å²) in [4.78, 5) is 14.9. The third-order valence-corrected chi connectivity index (χ3v) is 6.38. The molecule has 7 nitrogen and oxygen atoms in total. The minimum atomic E-state index is -1.15. The lowest BCUT2D eigenvalue weighted by molar-refractivity contribution is -0.167. The monoisotopic (exact) mass is 426 g/mol. The van der Waals surface area contributed by atoms with E-state index in [1.54, 1.807) is 6.92 Å². The highest BCUT2D eigenvalue weighted by molar-refractivity contribution is 7.99. The van der Waals surface area contributed by atoms with Crippen LogP contribution in [0.4, 0.5) is 0 Å². The van der Waals surface area contributed by atoms with Crippen molar-refractivity contribution in [3.05, 3.63) is 0 Å². The number of amides is 1. The van der Waals surface area contributed by atoms with Crippen LogP contribution in [0.15, 0.2) is 0 Å². The van der Waals surface area contributed by atoms with Gasteiger partial charge in [0.2, 0.25) is 5.91 Å². The molecule has 2 fully saturated rings. The van der Waals surface area contributed by atoms with Gasteiger partial charge in [-0.1, -0.05) is 13.3 Å². The van der Waals surface area contributed by atoms with Crippen LogP contribution < -0.4 is 5.32 Å². The summed E-state index contributed by atoms with van der Waals surface area (Å²) in [5.41, 5.74) is -0.278. The van der Waals surface area contributed by atoms with Gasteiger partial charge in [-0.25, -0.2) is 0 Å². The number of aliphatic hydroxyl groups is 3. The molecule has 0 spiro atoms. The van der Waals surface area contributed by atoms with Crippen molar-refractivity contribution in [1.82, 2.24) is 10.2 Å². The summed E-state index contributed by atoms with van der Waals surface area (Å²) < 4.78 is 5.86. The van der Waals surface area contributed by atoms with Crippen molar-refractivity contribution in [2.24, 2.45) is 5.92 Å². The SMILES string of the molecule is CCCC1CC(C(=O)NC(C(C)O)C2OC(SC)CC(O)C2O)N(C)C1.Cl. The van der Waals surface area contributed by atoms with Crippen molar-refractivity contribution >= 4 is 30.1 Å². The van der Waals surface area contributed by atoms with Gasteiger partial charge in [-0.15, -0.1) is 24.2 Å². The highest BCUT2D eigenvalue weighted by Crippen LogP contribution is 2.30. The minimum Gasteiger partial charge on any atom is -0.391 e. The maximum absolute atomic E-state index is 12.8. The molecule has 0 aliphatic carbocycles. The van der Waals surface area contributed by atoms with Crippen LogP contribution in [0, 0.1) is 5.92 Å². The first-order valence-corrected chi connectivity index (χ1v) is 10.8. The quantitative estimate of drug-likeness (QED) is 0.472. The highest BCUT2D eigenvalue weighted by atomic mass is 35.5. The van der Waals surface area contributed by atoms with E-state index >= 15 is 0 Å². The van der Waals surface area contributed by atoms with E-state index in [1.807, 2.05) is 18.2 Å². The lowest BCUT2D eigenvalue weighted by Crippen LogP contribution is -2.62. The first kappa shape index (κ1) is 24.9. The zero-order valence-electron chi connectivity index (χ0n) is 16.6. The predicted octanol–water partition coefficient (Wildman–Crippen LogP) is 0.594. The number of aliphatic hydroxyl groups excluding tert-OH is 3. The van der Waals surface area contributed by atoms with Crippen LogP contribution >= 0.6 is 24.2 Å². The number of hydrogen-bond acceptors (Lipinski definition) is 7. The van der Waals surface area contributed by atoms with E-state index in [-0.39, 0.29) is 29.8 Å². The first-order chi connectivity index (χ1) is 12.3. The van der Waals surface area contributed by atoms with E-state index in [2.05, 4.69) is 12.2 Å². The van der Waals surface area contributed by atoms with Gasteiger partial charge < -0.3 is 25.4 Å². The molecule has 0 aromatic carbocycles. The Morgan fingerprint density at radius 3 is 2.59 bits per heavy atom. The zero-order valence-corrected chi connectivity index (χ0v) is 18.2. The summed E-state index contributed by atoms with van der Waals surface area (Å²) in [6.45, 7) is 4.60. The van der Waals surface area contributed by atoms with Crippen LogP contribution in [-0.2, 0) is 9.53 Å². The summed E-state index contributed by atoms with van der Waals surface area (Å²) in [6.07, 6.45) is 1.33.